The fourth-order valence-electron chi connectivity index (χ4n) is 0. The average molecular weight is 75.2 g/mol. The van der Waals surface area contributed by atoms with Crippen molar-refractivity contribution in [3.63, 3.8) is 0 Å². The Balaban J connectivity index is -0.0000000275. The highest BCUT2D eigenvalue weighted by molar-refractivity contribution is 3.92. The van der Waals surface area contributed by atoms with E-state index in [-0.39, 0.29) is 1.43 Å². The van der Waals surface area contributed by atoms with Gasteiger partial charge in [0.25, 0.3) is 0 Å². The molecule has 0 nitrogen and oxygen atoms in total. The van der Waals surface area contributed by atoms with Crippen LogP contribution in [0.5, 0.6) is 0 Å². The van der Waals surface area contributed by atoms with E-state index in [1.165, 1.54) is 6.42 Å². The molecule has 0 heteroatoms. The molecule has 0 aliphatic carbocycles. The van der Waals surface area contributed by atoms with Crippen molar-refractivity contribution in [3.8, 4) is 0 Å². The van der Waals surface area contributed by atoms with Crippen LogP contribution in [0.25, 0.3) is 0 Å². The molecule has 0 N–H and O–H groups in total. The molecule has 0 aliphatic rings. The highest BCUT2D eigenvalue weighted by Crippen LogP contribution is 1.56. The van der Waals surface area contributed by atoms with Crippen molar-refractivity contribution < 1.29 is 1.43 Å². The van der Waals surface area contributed by atoms with Gasteiger partial charge in [-0.25, -0.2) is 0 Å². The number of rotatable bonds is 0. The molecule has 0 aromatic heterocycles. The van der Waals surface area contributed by atoms with E-state index in [9.17, 15) is 0 Å². The van der Waals surface area contributed by atoms with E-state index < -0.39 is 0 Å². The van der Waals surface area contributed by atoms with Gasteiger partial charge in [0.05, 0.1) is 0 Å². The quantitative estimate of drug-likeness (QED) is 0.415. The van der Waals surface area contributed by atoms with Crippen LogP contribution in [0.4, 0.5) is 0 Å². The summed E-state index contributed by atoms with van der Waals surface area (Å²) in [5.74, 6) is 0. The van der Waals surface area contributed by atoms with Crippen molar-refractivity contribution >= 4 is 0 Å². The monoisotopic (exact) mass is 75.1 g/mol. The van der Waals surface area contributed by atoms with Gasteiger partial charge in [0.15, 0.2) is 0 Å². The van der Waals surface area contributed by atoms with Crippen molar-refractivity contribution in [1.29, 1.82) is 0 Å². The van der Waals surface area contributed by atoms with Crippen molar-refractivity contribution in [2.45, 2.75) is 34.1 Å². The zero-order valence-corrected chi connectivity index (χ0v) is 4.71. The Morgan fingerprint density at radius 3 is 1.20 bits per heavy atom. The molecule has 0 radical (unpaired) electrons. The van der Waals surface area contributed by atoms with Crippen molar-refractivity contribution in [1.82, 2.24) is 0 Å². The maximum atomic E-state index is 2.12. The minimum absolute atomic E-state index is 0. The smallest absolute Gasteiger partial charge is 0.0683 e. The van der Waals surface area contributed by atoms with Gasteiger partial charge in [0.1, 0.15) is 0 Å². The van der Waals surface area contributed by atoms with Crippen molar-refractivity contribution in [2.24, 2.45) is 0 Å². The average Bonchev–Trinajstić information content (AvgIpc) is 1.46. The van der Waals surface area contributed by atoms with E-state index in [0.29, 0.717) is 0 Å². The highest BCUT2D eigenvalue weighted by Gasteiger charge is 1.35. The lowest BCUT2D eigenvalue weighted by Gasteiger charge is -1.48. The molecular weight excluding hydrogens is 60.1 g/mol. The fourth-order valence-corrected chi connectivity index (χ4v) is 0. The molecule has 0 heterocycles. The molecule has 0 saturated heterocycles. The molecule has 34 valence electrons. The summed E-state index contributed by atoms with van der Waals surface area (Å²) < 4.78 is 0. The molecule has 0 rings (SSSR count). The third kappa shape index (κ3) is 0. The van der Waals surface area contributed by atoms with Gasteiger partial charge in [-0.15, -0.1) is 0 Å². The van der Waals surface area contributed by atoms with Crippen LogP contribution in [0.2, 0.25) is 0 Å². The molecule has 0 aromatic carbocycles. The Kier molecular flexibility index (Phi) is 64.0. The first-order valence-electron chi connectivity index (χ1n) is 2.41. The Hall–Kier alpha value is 0. The first-order chi connectivity index (χ1) is 2.41. The van der Waals surface area contributed by atoms with Gasteiger partial charge in [0, 0.05) is 0 Å². The van der Waals surface area contributed by atoms with Gasteiger partial charge in [0.2, 0.25) is 0 Å². The van der Waals surface area contributed by atoms with Crippen LogP contribution in [0.1, 0.15) is 35.5 Å². The molecular formula is C5H15+. The molecule has 0 saturated carbocycles. The summed E-state index contributed by atoms with van der Waals surface area (Å²) in [6, 6.07) is 0. The zero-order chi connectivity index (χ0) is 4.71. The third-order valence-corrected chi connectivity index (χ3v) is 0. The zero-order valence-electron chi connectivity index (χ0n) is 5.71. The molecule has 0 spiro atoms. The van der Waals surface area contributed by atoms with Gasteiger partial charge in [-0.2, -0.15) is 0 Å². The minimum atomic E-state index is 0. The topological polar surface area (TPSA) is 0 Å². The van der Waals surface area contributed by atoms with Gasteiger partial charge >= 0.3 is 1.43 Å². The predicted octanol–water partition coefficient (Wildman–Crippen LogP) is 2.56. The number of hydrogen-bond acceptors (Lipinski definition) is 0. The van der Waals surface area contributed by atoms with Gasteiger partial charge in [-0.1, -0.05) is 34.1 Å². The Labute approximate surface area is 36.7 Å². The molecule has 0 bridgehead atoms. The van der Waals surface area contributed by atoms with Crippen LogP contribution in [0, 0.1) is 0 Å². The molecule has 0 fully saturated rings. The summed E-state index contributed by atoms with van der Waals surface area (Å²) in [4.78, 5) is 0. The molecule has 0 amide bonds. The van der Waals surface area contributed by atoms with Crippen molar-refractivity contribution in [2.75, 3.05) is 0 Å². The lowest BCUT2D eigenvalue weighted by Crippen LogP contribution is -1.27. The van der Waals surface area contributed by atoms with Crippen LogP contribution >= 0.6 is 0 Å². The Morgan fingerprint density at radius 1 is 1.20 bits per heavy atom. The van der Waals surface area contributed by atoms with E-state index >= 15 is 0 Å². The maximum Gasteiger partial charge on any atom is 1.00 e. The number of hydrogen-bond donors (Lipinski definition) is 0. The minimum Gasteiger partial charge on any atom is -0.0683 e. The summed E-state index contributed by atoms with van der Waals surface area (Å²) in [5, 5.41) is 0. The van der Waals surface area contributed by atoms with E-state index in [0.717, 1.165) is 0 Å². The Morgan fingerprint density at radius 2 is 1.20 bits per heavy atom. The predicted molar refractivity (Wildman–Crippen MR) is 28.4 cm³/mol. The summed E-state index contributed by atoms with van der Waals surface area (Å²) in [6.45, 7) is 8.25. The van der Waals surface area contributed by atoms with Crippen LogP contribution in [0.15, 0.2) is 0 Å². The maximum absolute atomic E-state index is 2.12. The second-order valence-corrected chi connectivity index (χ2v) is 0.707. The SMILES string of the molecule is CC.CCC.[H+]. The van der Waals surface area contributed by atoms with Gasteiger partial charge in [-0.3, -0.25) is 0 Å². The standard InChI is InChI=1S/C3H8.C2H6/c1-3-2;1-2/h3H2,1-2H3;1-2H3/p+1. The lowest BCUT2D eigenvalue weighted by atomic mass is 10.6. The first kappa shape index (κ1) is 8.89. The van der Waals surface area contributed by atoms with Gasteiger partial charge < -0.3 is 0 Å². The van der Waals surface area contributed by atoms with Crippen LogP contribution in [-0.2, 0) is 0 Å². The van der Waals surface area contributed by atoms with Crippen molar-refractivity contribution in [3.05, 3.63) is 0 Å². The molecule has 0 aromatic rings. The molecule has 5 heavy (non-hydrogen) atoms. The lowest BCUT2D eigenvalue weighted by molar-refractivity contribution is 1.09. The van der Waals surface area contributed by atoms with Crippen LogP contribution < -0.4 is 0 Å². The third-order valence-electron chi connectivity index (χ3n) is 0. The second kappa shape index (κ2) is 36.0. The normalized spacial score (nSPS) is 4.80. The summed E-state index contributed by atoms with van der Waals surface area (Å²) >= 11 is 0. The van der Waals surface area contributed by atoms with Gasteiger partial charge in [-0.05, 0) is 0 Å². The van der Waals surface area contributed by atoms with E-state index in [1.54, 1.807) is 0 Å². The molecule has 0 aliphatic heterocycles. The van der Waals surface area contributed by atoms with Crippen LogP contribution in [0.3, 0.4) is 0 Å². The molecule has 0 unspecified atom stereocenters. The second-order valence-electron chi connectivity index (χ2n) is 0.707. The molecule has 0 atom stereocenters. The summed E-state index contributed by atoms with van der Waals surface area (Å²) in [6.07, 6.45) is 1.25. The van der Waals surface area contributed by atoms with E-state index in [1.807, 2.05) is 13.8 Å². The van der Waals surface area contributed by atoms with Crippen LogP contribution in [-0.4, -0.2) is 0 Å². The van der Waals surface area contributed by atoms with E-state index in [2.05, 4.69) is 13.8 Å². The highest BCUT2D eigenvalue weighted by atomic mass is 13.4. The van der Waals surface area contributed by atoms with E-state index in [4.69, 9.17) is 0 Å². The summed E-state index contributed by atoms with van der Waals surface area (Å²) in [5.41, 5.74) is 0. The summed E-state index contributed by atoms with van der Waals surface area (Å²) in [7, 11) is 0. The largest absolute Gasteiger partial charge is 1.00 e. The Bertz CT molecular complexity index is 3.90. The fraction of sp³-hybridized carbons (Fsp3) is 1.00. The first-order valence-corrected chi connectivity index (χ1v) is 2.41.